The average molecular weight is 1130 g/mol. The minimum atomic E-state index is -2.20. The monoisotopic (exact) mass is 1130 g/mol. The Bertz CT molecular complexity index is 1470. The van der Waals surface area contributed by atoms with Crippen LogP contribution in [-0.4, -0.2) is 357 Å². The number of aliphatic hydroxyl groups excluding tert-OH is 20. The van der Waals surface area contributed by atoms with Gasteiger partial charge in [-0.25, -0.2) is 0 Å². The van der Waals surface area contributed by atoms with Crippen molar-refractivity contribution in [3.05, 3.63) is 0 Å². The lowest BCUT2D eigenvalue weighted by atomic mass is 9.94. The number of hydrogen-bond acceptors (Lipinski definition) is 34. The van der Waals surface area contributed by atoms with E-state index < -0.39 is 255 Å². The van der Waals surface area contributed by atoms with Gasteiger partial charge in [0.2, 0.25) is 0 Å². The van der Waals surface area contributed by atoms with Crippen molar-refractivity contribution in [3.8, 4) is 0 Å². The normalized spacial score (nSPS) is 55.4. The highest BCUT2D eigenvalue weighted by atomic mass is 16.8. The summed E-state index contributed by atoms with van der Waals surface area (Å²) in [6.07, 6.45) is -68.1. The van der Waals surface area contributed by atoms with Gasteiger partial charge in [-0.05, 0) is 6.42 Å². The Labute approximate surface area is 435 Å². The number of hydrogen-bond donors (Lipinski definition) is 20. The first-order valence-corrected chi connectivity index (χ1v) is 25.0. The SMILES string of the molecule is CCC1O[C@H]2O[C@@H]3C(CO)O[C@@H](O[C@@H]4C(CO)O[C@H](O[C@@H]5C(CO)O[C@H](O[C@@H]6C(CO)O[C@H](O[C@@H]7C(CO)O[C@H](O[C@@H]8C(CO)O[C@H](O[C@H]1C(O)C2O)C(O)C8O)C(O)C7O)C(O)C6O)C(O)C5O)C(O)C4O)C(O)C3O. The minimum absolute atomic E-state index is 0.0468. The van der Waals surface area contributed by atoms with Gasteiger partial charge in [-0.2, -0.15) is 0 Å². The highest BCUT2D eigenvalue weighted by molar-refractivity contribution is 5.01. The second kappa shape index (κ2) is 26.1. The Morgan fingerprint density at radius 3 is 0.455 bits per heavy atom. The van der Waals surface area contributed by atoms with Crippen LogP contribution in [0.25, 0.3) is 0 Å². The lowest BCUT2D eigenvalue weighted by Gasteiger charge is -2.50. The maximum atomic E-state index is 11.4. The van der Waals surface area contributed by atoms with E-state index >= 15 is 0 Å². The van der Waals surface area contributed by atoms with Crippen molar-refractivity contribution in [2.45, 2.75) is 228 Å². The molecule has 21 aliphatic rings. The zero-order chi connectivity index (χ0) is 56.1. The molecule has 34 nitrogen and oxygen atoms in total. The lowest BCUT2D eigenvalue weighted by Crippen LogP contribution is -2.68. The van der Waals surface area contributed by atoms with Gasteiger partial charge in [-0.1, -0.05) is 6.92 Å². The molecule has 0 aromatic heterocycles. The minimum Gasteiger partial charge on any atom is -0.394 e. The quantitative estimate of drug-likeness (QED) is 0.113. The van der Waals surface area contributed by atoms with E-state index in [9.17, 15) is 102 Å². The first-order valence-electron chi connectivity index (χ1n) is 25.0. The molecule has 20 N–H and O–H groups in total. The molecule has 0 aromatic rings. The summed E-state index contributed by atoms with van der Waals surface area (Å²) in [5.74, 6) is 0. The van der Waals surface area contributed by atoms with Crippen molar-refractivity contribution < 1.29 is 168 Å². The van der Waals surface area contributed by atoms with Crippen LogP contribution in [0.5, 0.6) is 0 Å². The smallest absolute Gasteiger partial charge is 0.187 e. The average Bonchev–Trinajstić information content (AvgIpc) is 3.47. The Balaban J connectivity index is 1.08. The highest BCUT2D eigenvalue weighted by Gasteiger charge is 2.59. The van der Waals surface area contributed by atoms with Crippen LogP contribution in [0, 0.1) is 0 Å². The van der Waals surface area contributed by atoms with Gasteiger partial charge in [0, 0.05) is 0 Å². The van der Waals surface area contributed by atoms with Crippen LogP contribution in [0.15, 0.2) is 0 Å². The molecule has 34 heteroatoms. The molecule has 21 aliphatic heterocycles. The third-order valence-electron chi connectivity index (χ3n) is 15.0. The van der Waals surface area contributed by atoms with E-state index in [2.05, 4.69) is 0 Å². The molecular formula is C43H72O34. The summed E-state index contributed by atoms with van der Waals surface area (Å²) >= 11 is 0. The van der Waals surface area contributed by atoms with Crippen LogP contribution in [0.3, 0.4) is 0 Å². The van der Waals surface area contributed by atoms with Crippen LogP contribution in [0.4, 0.5) is 0 Å². The predicted octanol–water partition coefficient (Wildman–Crippen LogP) is -13.8. The van der Waals surface area contributed by atoms with Crippen molar-refractivity contribution in [2.24, 2.45) is 0 Å². The largest absolute Gasteiger partial charge is 0.394 e. The van der Waals surface area contributed by atoms with Gasteiger partial charge >= 0.3 is 0 Å². The van der Waals surface area contributed by atoms with Gasteiger partial charge in [0.25, 0.3) is 0 Å². The standard InChI is InChI=1S/C43H72O34/c1-2-9-30-16(50)23(57)37(64-9)72-31-10(3-44)66-39(25(59)18(31)52)74-33-12(5-46)68-41(27(61)20(33)54)76-35-14(7-48)70-43(29(63)22(35)56)77-36-15(8-49)69-42(28(62)21(36)55)75-34-13(6-47)67-40(26(60)19(34)53)73-32-11(4-45)65-38(71-30)24(58)17(32)51/h9-63H,2-8H2,1H3/t9?,10?,11?,12?,13?,14?,15?,16?,17?,18?,19?,20?,21?,22?,23?,24?,25?,26?,27?,28?,29?,30-,31-,32-,33-,34-,35-,36-,37+,38-,39+,40-,41-,42-,43-/m1/s1. The van der Waals surface area contributed by atoms with Gasteiger partial charge in [0.15, 0.2) is 44.0 Å². The van der Waals surface area contributed by atoms with Crippen molar-refractivity contribution >= 4 is 0 Å². The Kier molecular flexibility index (Phi) is 20.9. The van der Waals surface area contributed by atoms with E-state index in [0.29, 0.717) is 0 Å². The van der Waals surface area contributed by atoms with Crippen LogP contribution in [0.1, 0.15) is 13.3 Å². The van der Waals surface area contributed by atoms with E-state index in [1.54, 1.807) is 0 Å². The van der Waals surface area contributed by atoms with Gasteiger partial charge in [0.1, 0.15) is 165 Å². The maximum absolute atomic E-state index is 11.4. The zero-order valence-corrected chi connectivity index (χ0v) is 40.8. The lowest BCUT2D eigenvalue weighted by molar-refractivity contribution is -0.396. The van der Waals surface area contributed by atoms with Crippen LogP contribution >= 0.6 is 0 Å². The fraction of sp³-hybridized carbons (Fsp3) is 1.00. The Hall–Kier alpha value is -1.36. The van der Waals surface area contributed by atoms with E-state index in [1.807, 2.05) is 0 Å². The molecule has 0 amide bonds. The summed E-state index contributed by atoms with van der Waals surface area (Å²) in [7, 11) is 0. The molecule has 14 bridgehead atoms. The fourth-order valence-electron chi connectivity index (χ4n) is 10.6. The molecule has 35 atom stereocenters. The van der Waals surface area contributed by atoms with Crippen LogP contribution < -0.4 is 0 Å². The molecular weight excluding hydrogens is 1060 g/mol. The van der Waals surface area contributed by atoms with Gasteiger partial charge in [-0.3, -0.25) is 0 Å². The molecule has 0 saturated carbocycles. The summed E-state index contributed by atoms with van der Waals surface area (Å²) in [5, 5.41) is 221. The topological polar surface area (TPSA) is 534 Å². The van der Waals surface area contributed by atoms with Crippen molar-refractivity contribution in [2.75, 3.05) is 39.6 Å². The van der Waals surface area contributed by atoms with E-state index in [0.717, 1.165) is 0 Å². The van der Waals surface area contributed by atoms with Gasteiger partial charge in [0.05, 0.1) is 45.7 Å². The van der Waals surface area contributed by atoms with Gasteiger partial charge in [-0.15, -0.1) is 0 Å². The van der Waals surface area contributed by atoms with Crippen LogP contribution in [-0.2, 0) is 66.3 Å². The maximum Gasteiger partial charge on any atom is 0.187 e. The molecule has 0 spiro atoms. The first kappa shape index (κ1) is 61.7. The first-order chi connectivity index (χ1) is 36.7. The van der Waals surface area contributed by atoms with Gasteiger partial charge < -0.3 is 168 Å². The van der Waals surface area contributed by atoms with Crippen molar-refractivity contribution in [1.82, 2.24) is 0 Å². The molecule has 21 saturated heterocycles. The Morgan fingerprint density at radius 1 is 0.195 bits per heavy atom. The summed E-state index contributed by atoms with van der Waals surface area (Å²) in [4.78, 5) is 0. The summed E-state index contributed by atoms with van der Waals surface area (Å²) in [5.41, 5.74) is 0. The van der Waals surface area contributed by atoms with E-state index in [4.69, 9.17) is 66.3 Å². The Morgan fingerprint density at radius 2 is 0.325 bits per heavy atom. The summed E-state index contributed by atoms with van der Waals surface area (Å²) in [6.45, 7) is -4.59. The molecule has 21 heterocycles. The second-order valence-electron chi connectivity index (χ2n) is 19.9. The molecule has 448 valence electrons. The third-order valence-corrected chi connectivity index (χ3v) is 15.0. The number of aliphatic hydroxyl groups is 20. The molecule has 21 rings (SSSR count). The number of ether oxygens (including phenoxy) is 14. The fourth-order valence-corrected chi connectivity index (χ4v) is 10.6. The highest BCUT2D eigenvalue weighted by Crippen LogP contribution is 2.39. The third kappa shape index (κ3) is 12.1. The van der Waals surface area contributed by atoms with Crippen molar-refractivity contribution in [3.63, 3.8) is 0 Å². The molecule has 0 radical (unpaired) electrons. The van der Waals surface area contributed by atoms with Crippen molar-refractivity contribution in [1.29, 1.82) is 0 Å². The summed E-state index contributed by atoms with van der Waals surface area (Å²) in [6, 6.07) is 0. The predicted molar refractivity (Wildman–Crippen MR) is 232 cm³/mol. The summed E-state index contributed by atoms with van der Waals surface area (Å²) < 4.78 is 80.3. The number of rotatable bonds is 7. The second-order valence-corrected chi connectivity index (χ2v) is 19.9. The molecule has 77 heavy (non-hydrogen) atoms. The molecule has 21 fully saturated rings. The molecule has 0 aliphatic carbocycles. The molecule has 21 unspecified atom stereocenters. The zero-order valence-electron chi connectivity index (χ0n) is 40.8. The molecule has 0 aromatic carbocycles. The van der Waals surface area contributed by atoms with Crippen LogP contribution in [0.2, 0.25) is 0 Å². The van der Waals surface area contributed by atoms with E-state index in [-0.39, 0.29) is 6.42 Å². The van der Waals surface area contributed by atoms with E-state index in [1.165, 1.54) is 6.92 Å².